The highest BCUT2D eigenvalue weighted by molar-refractivity contribution is 7.94. The normalized spacial score (nSPS) is 11.2. The quantitative estimate of drug-likeness (QED) is 0.849. The summed E-state index contributed by atoms with van der Waals surface area (Å²) in [4.78, 5) is 0.645. The molecule has 8 heteroatoms. The SMILES string of the molecule is NC(=S)c1ccc(S(=O)(=O)Nc2cccc(F)c2)s1. The van der Waals surface area contributed by atoms with Gasteiger partial charge >= 0.3 is 0 Å². The molecule has 0 saturated heterocycles. The maximum absolute atomic E-state index is 13.0. The molecule has 2 aromatic rings. The lowest BCUT2D eigenvalue weighted by atomic mass is 10.3. The number of rotatable bonds is 4. The summed E-state index contributed by atoms with van der Waals surface area (Å²) in [5.74, 6) is -0.518. The van der Waals surface area contributed by atoms with E-state index in [1.165, 1.54) is 30.3 Å². The molecule has 0 aliphatic carbocycles. The molecule has 19 heavy (non-hydrogen) atoms. The van der Waals surface area contributed by atoms with Crippen LogP contribution in [-0.4, -0.2) is 13.4 Å². The maximum Gasteiger partial charge on any atom is 0.271 e. The van der Waals surface area contributed by atoms with E-state index < -0.39 is 15.8 Å². The van der Waals surface area contributed by atoms with Gasteiger partial charge in [-0.3, -0.25) is 4.72 Å². The van der Waals surface area contributed by atoms with Gasteiger partial charge in [0.05, 0.1) is 10.6 Å². The molecule has 2 rings (SSSR count). The highest BCUT2D eigenvalue weighted by Gasteiger charge is 2.17. The van der Waals surface area contributed by atoms with Gasteiger partial charge < -0.3 is 5.73 Å². The predicted octanol–water partition coefficient (Wildman–Crippen LogP) is 2.32. The van der Waals surface area contributed by atoms with E-state index in [0.29, 0.717) is 4.88 Å². The number of anilines is 1. The van der Waals surface area contributed by atoms with Gasteiger partial charge in [0.2, 0.25) is 0 Å². The summed E-state index contributed by atoms with van der Waals surface area (Å²) in [6.45, 7) is 0. The second-order valence-electron chi connectivity index (χ2n) is 3.60. The number of thiocarbonyl (C=S) groups is 1. The lowest BCUT2D eigenvalue weighted by Gasteiger charge is -2.05. The molecule has 0 aliphatic rings. The van der Waals surface area contributed by atoms with Gasteiger partial charge in [-0.15, -0.1) is 11.3 Å². The molecule has 0 radical (unpaired) electrons. The summed E-state index contributed by atoms with van der Waals surface area (Å²) in [6, 6.07) is 8.15. The lowest BCUT2D eigenvalue weighted by molar-refractivity contribution is 0.603. The maximum atomic E-state index is 13.0. The van der Waals surface area contributed by atoms with Crippen LogP contribution in [0.15, 0.2) is 40.6 Å². The number of halogens is 1. The Bertz CT molecular complexity index is 725. The Morgan fingerprint density at radius 3 is 2.63 bits per heavy atom. The van der Waals surface area contributed by atoms with Crippen LogP contribution in [-0.2, 0) is 10.0 Å². The lowest BCUT2D eigenvalue weighted by Crippen LogP contribution is -2.11. The summed E-state index contributed by atoms with van der Waals surface area (Å²) in [5.41, 5.74) is 5.58. The highest BCUT2D eigenvalue weighted by Crippen LogP contribution is 2.24. The summed E-state index contributed by atoms with van der Waals surface area (Å²) in [7, 11) is -3.76. The topological polar surface area (TPSA) is 72.2 Å². The van der Waals surface area contributed by atoms with Crippen LogP contribution in [0, 0.1) is 5.82 Å². The van der Waals surface area contributed by atoms with E-state index in [1.54, 1.807) is 0 Å². The molecule has 1 aromatic heterocycles. The molecule has 0 spiro atoms. The van der Waals surface area contributed by atoms with Gasteiger partial charge in [-0.2, -0.15) is 0 Å². The van der Waals surface area contributed by atoms with Gasteiger partial charge in [0, 0.05) is 0 Å². The second-order valence-corrected chi connectivity index (χ2v) is 7.03. The number of thiophene rings is 1. The number of hydrogen-bond donors (Lipinski definition) is 2. The zero-order chi connectivity index (χ0) is 14.0. The highest BCUT2D eigenvalue weighted by atomic mass is 32.2. The molecule has 1 aromatic carbocycles. The van der Waals surface area contributed by atoms with Crippen molar-refractivity contribution in [3.05, 3.63) is 47.1 Å². The minimum Gasteiger partial charge on any atom is -0.389 e. The van der Waals surface area contributed by atoms with Crippen molar-refractivity contribution in [3.8, 4) is 0 Å². The first-order chi connectivity index (χ1) is 8.88. The molecule has 1 heterocycles. The number of nitrogens with one attached hydrogen (secondary N) is 1. The molecule has 0 aliphatic heterocycles. The van der Waals surface area contributed by atoms with E-state index >= 15 is 0 Å². The average molecular weight is 316 g/mol. The molecule has 0 atom stereocenters. The van der Waals surface area contributed by atoms with Crippen LogP contribution in [0.1, 0.15) is 4.88 Å². The third-order valence-corrected chi connectivity index (χ3v) is 5.51. The molecule has 3 N–H and O–H groups in total. The van der Waals surface area contributed by atoms with Gasteiger partial charge in [-0.1, -0.05) is 18.3 Å². The molecule has 4 nitrogen and oxygen atoms in total. The van der Waals surface area contributed by atoms with Gasteiger partial charge in [0.15, 0.2) is 0 Å². The Kier molecular flexibility index (Phi) is 3.83. The van der Waals surface area contributed by atoms with E-state index in [0.717, 1.165) is 17.4 Å². The minimum atomic E-state index is -3.76. The van der Waals surface area contributed by atoms with Gasteiger partial charge in [-0.25, -0.2) is 12.8 Å². The predicted molar refractivity (Wildman–Crippen MR) is 77.4 cm³/mol. The van der Waals surface area contributed by atoms with Crippen LogP contribution in [0.3, 0.4) is 0 Å². The Morgan fingerprint density at radius 2 is 2.05 bits per heavy atom. The van der Waals surface area contributed by atoms with Crippen molar-refractivity contribution in [2.45, 2.75) is 4.21 Å². The molecular formula is C11H9FN2O2S3. The van der Waals surface area contributed by atoms with Crippen molar-refractivity contribution in [1.82, 2.24) is 0 Å². The summed E-state index contributed by atoms with van der Waals surface area (Å²) in [6.07, 6.45) is 0. The third kappa shape index (κ3) is 3.28. The number of sulfonamides is 1. The number of benzene rings is 1. The molecule has 0 saturated carbocycles. The first-order valence-electron chi connectivity index (χ1n) is 5.06. The monoisotopic (exact) mass is 316 g/mol. The van der Waals surface area contributed by atoms with Crippen LogP contribution < -0.4 is 10.5 Å². The summed E-state index contributed by atoms with van der Waals surface area (Å²) < 4.78 is 39.4. The molecule has 0 amide bonds. The van der Waals surface area contributed by atoms with Crippen molar-refractivity contribution in [2.24, 2.45) is 5.73 Å². The van der Waals surface area contributed by atoms with Gasteiger partial charge in [-0.05, 0) is 30.3 Å². The smallest absolute Gasteiger partial charge is 0.271 e. The first kappa shape index (κ1) is 13.9. The van der Waals surface area contributed by atoms with Gasteiger partial charge in [0.25, 0.3) is 10.0 Å². The fourth-order valence-corrected chi connectivity index (χ4v) is 3.76. The fraction of sp³-hybridized carbons (Fsp3) is 0. The Balaban J connectivity index is 2.29. The van der Waals surface area contributed by atoms with E-state index in [1.807, 2.05) is 0 Å². The largest absolute Gasteiger partial charge is 0.389 e. The summed E-state index contributed by atoms with van der Waals surface area (Å²) >= 11 is 5.73. The van der Waals surface area contributed by atoms with E-state index in [4.69, 9.17) is 18.0 Å². The standard InChI is InChI=1S/C11H9FN2O2S3/c12-7-2-1-3-8(6-7)14-19(15,16)10-5-4-9(18-10)11(13)17/h1-6,14H,(H2,13,17). The third-order valence-electron chi connectivity index (χ3n) is 2.17. The molecule has 100 valence electrons. The van der Waals surface area contributed by atoms with Crippen molar-refractivity contribution < 1.29 is 12.8 Å². The Hall–Kier alpha value is -1.51. The summed E-state index contributed by atoms with van der Waals surface area (Å²) in [5, 5.41) is 0. The van der Waals surface area contributed by atoms with Crippen LogP contribution in [0.5, 0.6) is 0 Å². The van der Waals surface area contributed by atoms with Crippen molar-refractivity contribution in [2.75, 3.05) is 4.72 Å². The van der Waals surface area contributed by atoms with E-state index in [2.05, 4.69) is 4.72 Å². The Labute approximate surface area is 119 Å². The van der Waals surface area contributed by atoms with Crippen molar-refractivity contribution >= 4 is 44.3 Å². The first-order valence-corrected chi connectivity index (χ1v) is 7.77. The fourth-order valence-electron chi connectivity index (χ4n) is 1.35. The average Bonchev–Trinajstić information content (AvgIpc) is 2.78. The van der Waals surface area contributed by atoms with Crippen LogP contribution in [0.25, 0.3) is 0 Å². The number of hydrogen-bond acceptors (Lipinski definition) is 4. The van der Waals surface area contributed by atoms with Crippen molar-refractivity contribution in [3.63, 3.8) is 0 Å². The minimum absolute atomic E-state index is 0.0690. The van der Waals surface area contributed by atoms with Crippen molar-refractivity contribution in [1.29, 1.82) is 0 Å². The Morgan fingerprint density at radius 1 is 1.32 bits per heavy atom. The zero-order valence-electron chi connectivity index (χ0n) is 9.46. The molecule has 0 bridgehead atoms. The molecular weight excluding hydrogens is 307 g/mol. The van der Waals surface area contributed by atoms with Crippen LogP contribution in [0.4, 0.5) is 10.1 Å². The van der Waals surface area contributed by atoms with Gasteiger partial charge in [0.1, 0.15) is 15.0 Å². The zero-order valence-corrected chi connectivity index (χ0v) is 11.9. The molecule has 0 fully saturated rings. The van der Waals surface area contributed by atoms with E-state index in [-0.39, 0.29) is 14.9 Å². The molecule has 0 unspecified atom stereocenters. The number of nitrogens with two attached hydrogens (primary N) is 1. The van der Waals surface area contributed by atoms with Crippen LogP contribution in [0.2, 0.25) is 0 Å². The second kappa shape index (κ2) is 5.24. The van der Waals surface area contributed by atoms with Crippen LogP contribution >= 0.6 is 23.6 Å². The van der Waals surface area contributed by atoms with E-state index in [9.17, 15) is 12.8 Å².